The van der Waals surface area contributed by atoms with Crippen molar-refractivity contribution >= 4 is 28.1 Å². The van der Waals surface area contributed by atoms with Crippen LogP contribution in [0, 0.1) is 13.8 Å². The molecular formula is C20H19N7OS. The third-order valence-electron chi connectivity index (χ3n) is 5.01. The minimum absolute atomic E-state index is 0.0626. The van der Waals surface area contributed by atoms with Gasteiger partial charge in [0.15, 0.2) is 0 Å². The lowest BCUT2D eigenvalue weighted by Gasteiger charge is -2.27. The smallest absolute Gasteiger partial charge is 0.229 e. The Morgan fingerprint density at radius 3 is 2.86 bits per heavy atom. The summed E-state index contributed by atoms with van der Waals surface area (Å²) in [5.41, 5.74) is 3.44. The molecular weight excluding hydrogens is 386 g/mol. The fourth-order valence-electron chi connectivity index (χ4n) is 3.58. The standard InChI is InChI=1S/C20H19N7OS/c1-12-10-26-3-4-27(11-18(26)23-12)19(28)7-16-6-14-5-15(8-22-17(14)9-21-16)20-25-24-13(2)29-20/h5-6,8-10H,3-4,7,11H2,1-2H3. The third-order valence-corrected chi connectivity index (χ3v) is 5.89. The molecule has 0 radical (unpaired) electrons. The van der Waals surface area contributed by atoms with Gasteiger partial charge in [0.05, 0.1) is 36.1 Å². The fraction of sp³-hybridized carbons (Fsp3) is 0.300. The molecule has 0 N–H and O–H groups in total. The summed E-state index contributed by atoms with van der Waals surface area (Å²) in [4.78, 5) is 28.1. The molecule has 0 aliphatic carbocycles. The average molecular weight is 405 g/mol. The normalized spacial score (nSPS) is 13.7. The van der Waals surface area contributed by atoms with E-state index in [9.17, 15) is 4.79 Å². The van der Waals surface area contributed by atoms with Crippen molar-refractivity contribution in [3.8, 4) is 10.6 Å². The monoisotopic (exact) mass is 405 g/mol. The highest BCUT2D eigenvalue weighted by atomic mass is 32.1. The zero-order chi connectivity index (χ0) is 20.0. The number of aryl methyl sites for hydroxylation is 2. The van der Waals surface area contributed by atoms with Gasteiger partial charge in [-0.2, -0.15) is 0 Å². The van der Waals surface area contributed by atoms with E-state index in [-0.39, 0.29) is 12.3 Å². The molecule has 0 atom stereocenters. The van der Waals surface area contributed by atoms with Gasteiger partial charge in [-0.1, -0.05) is 11.3 Å². The minimum atomic E-state index is 0.0626. The number of aromatic nitrogens is 6. The van der Waals surface area contributed by atoms with E-state index in [2.05, 4.69) is 29.7 Å². The Labute approximate surface area is 171 Å². The number of carbonyl (C=O) groups excluding carboxylic acids is 1. The van der Waals surface area contributed by atoms with Crippen LogP contribution in [0.4, 0.5) is 0 Å². The van der Waals surface area contributed by atoms with Crippen LogP contribution in [0.15, 0.2) is 30.7 Å². The summed E-state index contributed by atoms with van der Waals surface area (Å²) in [5, 5.41) is 11.0. The summed E-state index contributed by atoms with van der Waals surface area (Å²) < 4.78 is 2.12. The van der Waals surface area contributed by atoms with E-state index in [4.69, 9.17) is 0 Å². The molecule has 29 heavy (non-hydrogen) atoms. The van der Waals surface area contributed by atoms with Gasteiger partial charge in [-0.25, -0.2) is 4.98 Å². The van der Waals surface area contributed by atoms with Crippen LogP contribution in [0.5, 0.6) is 0 Å². The first-order valence-electron chi connectivity index (χ1n) is 9.41. The van der Waals surface area contributed by atoms with Crippen molar-refractivity contribution in [3.05, 3.63) is 52.9 Å². The highest BCUT2D eigenvalue weighted by Crippen LogP contribution is 2.25. The molecule has 0 fully saturated rings. The number of rotatable bonds is 3. The van der Waals surface area contributed by atoms with Gasteiger partial charge in [0, 0.05) is 36.4 Å². The highest BCUT2D eigenvalue weighted by molar-refractivity contribution is 7.14. The van der Waals surface area contributed by atoms with Gasteiger partial charge in [0.2, 0.25) is 5.91 Å². The van der Waals surface area contributed by atoms with Crippen molar-refractivity contribution in [1.82, 2.24) is 34.6 Å². The number of imidazole rings is 1. The lowest BCUT2D eigenvalue weighted by atomic mass is 10.1. The number of hydrogen-bond acceptors (Lipinski definition) is 7. The van der Waals surface area contributed by atoms with Gasteiger partial charge in [0.1, 0.15) is 15.8 Å². The predicted octanol–water partition coefficient (Wildman–Crippen LogP) is 2.55. The number of amides is 1. The largest absolute Gasteiger partial charge is 0.333 e. The zero-order valence-electron chi connectivity index (χ0n) is 16.2. The van der Waals surface area contributed by atoms with Crippen LogP contribution in [0.3, 0.4) is 0 Å². The van der Waals surface area contributed by atoms with Gasteiger partial charge in [-0.05, 0) is 26.0 Å². The molecule has 4 aromatic heterocycles. The second kappa shape index (κ2) is 7.00. The number of nitrogens with zero attached hydrogens (tertiary/aromatic N) is 7. The first-order chi connectivity index (χ1) is 14.0. The summed E-state index contributed by atoms with van der Waals surface area (Å²) >= 11 is 1.53. The Morgan fingerprint density at radius 1 is 1.14 bits per heavy atom. The average Bonchev–Trinajstić information content (AvgIpc) is 3.31. The molecule has 0 saturated carbocycles. The summed E-state index contributed by atoms with van der Waals surface area (Å²) in [6, 6.07) is 3.96. The Kier molecular flexibility index (Phi) is 4.31. The molecule has 1 aliphatic heterocycles. The van der Waals surface area contributed by atoms with Crippen molar-refractivity contribution in [2.45, 2.75) is 33.4 Å². The molecule has 8 nitrogen and oxygen atoms in total. The quantitative estimate of drug-likeness (QED) is 0.520. The van der Waals surface area contributed by atoms with Crippen molar-refractivity contribution < 1.29 is 4.79 Å². The molecule has 5 heterocycles. The van der Waals surface area contributed by atoms with Crippen LogP contribution in [0.25, 0.3) is 21.5 Å². The molecule has 5 rings (SSSR count). The predicted molar refractivity (Wildman–Crippen MR) is 109 cm³/mol. The van der Waals surface area contributed by atoms with E-state index < -0.39 is 0 Å². The lowest BCUT2D eigenvalue weighted by molar-refractivity contribution is -0.132. The molecule has 0 bridgehead atoms. The van der Waals surface area contributed by atoms with Crippen LogP contribution in [0.1, 0.15) is 22.2 Å². The lowest BCUT2D eigenvalue weighted by Crippen LogP contribution is -2.39. The van der Waals surface area contributed by atoms with E-state index in [0.717, 1.165) is 50.2 Å². The highest BCUT2D eigenvalue weighted by Gasteiger charge is 2.22. The molecule has 9 heteroatoms. The summed E-state index contributed by atoms with van der Waals surface area (Å²) in [6.07, 6.45) is 5.80. The Morgan fingerprint density at radius 2 is 2.03 bits per heavy atom. The number of pyridine rings is 2. The number of fused-ring (bicyclic) bond motifs is 2. The maximum absolute atomic E-state index is 12.8. The summed E-state index contributed by atoms with van der Waals surface area (Å²) in [7, 11) is 0. The van der Waals surface area contributed by atoms with E-state index >= 15 is 0 Å². The Hall–Kier alpha value is -3.20. The second-order valence-corrected chi connectivity index (χ2v) is 8.38. The van der Waals surface area contributed by atoms with Gasteiger partial charge < -0.3 is 9.47 Å². The number of carbonyl (C=O) groups is 1. The van der Waals surface area contributed by atoms with Crippen molar-refractivity contribution in [2.24, 2.45) is 0 Å². The zero-order valence-corrected chi connectivity index (χ0v) is 17.0. The molecule has 0 aromatic carbocycles. The van der Waals surface area contributed by atoms with Gasteiger partial charge in [0.25, 0.3) is 0 Å². The van der Waals surface area contributed by atoms with Crippen LogP contribution >= 0.6 is 11.3 Å². The first kappa shape index (κ1) is 17.9. The van der Waals surface area contributed by atoms with Gasteiger partial charge in [-0.15, -0.1) is 10.2 Å². The molecule has 4 aromatic rings. The van der Waals surface area contributed by atoms with Crippen molar-refractivity contribution in [1.29, 1.82) is 0 Å². The first-order valence-corrected chi connectivity index (χ1v) is 10.2. The van der Waals surface area contributed by atoms with Crippen LogP contribution in [-0.4, -0.2) is 47.1 Å². The van der Waals surface area contributed by atoms with E-state index in [1.807, 2.05) is 37.1 Å². The maximum Gasteiger partial charge on any atom is 0.229 e. The fourth-order valence-corrected chi connectivity index (χ4v) is 4.25. The van der Waals surface area contributed by atoms with E-state index in [0.29, 0.717) is 13.1 Å². The van der Waals surface area contributed by atoms with Crippen molar-refractivity contribution in [2.75, 3.05) is 6.54 Å². The minimum Gasteiger partial charge on any atom is -0.333 e. The van der Waals surface area contributed by atoms with Gasteiger partial charge in [-0.3, -0.25) is 14.8 Å². The summed E-state index contributed by atoms with van der Waals surface area (Å²) in [5.74, 6) is 1.00. The molecule has 0 spiro atoms. The maximum atomic E-state index is 12.8. The molecule has 1 aliphatic rings. The SMILES string of the molecule is Cc1cn2c(n1)CN(C(=O)Cc1cc3cc(-c4nnc(C)s4)cnc3cn1)CC2. The topological polar surface area (TPSA) is 89.7 Å². The van der Waals surface area contributed by atoms with Crippen molar-refractivity contribution in [3.63, 3.8) is 0 Å². The van der Waals surface area contributed by atoms with Crippen LogP contribution < -0.4 is 0 Å². The van der Waals surface area contributed by atoms with E-state index in [1.165, 1.54) is 11.3 Å². The van der Waals surface area contributed by atoms with Gasteiger partial charge >= 0.3 is 0 Å². The summed E-state index contributed by atoms with van der Waals surface area (Å²) in [6.45, 7) is 5.92. The Balaban J connectivity index is 1.36. The Bertz CT molecular complexity index is 1230. The van der Waals surface area contributed by atoms with Crippen LogP contribution in [0.2, 0.25) is 0 Å². The molecule has 1 amide bonds. The molecule has 146 valence electrons. The second-order valence-electron chi connectivity index (χ2n) is 7.20. The van der Waals surface area contributed by atoms with Crippen LogP contribution in [-0.2, 0) is 24.3 Å². The van der Waals surface area contributed by atoms with E-state index in [1.54, 1.807) is 12.4 Å². The molecule has 0 saturated heterocycles. The number of hydrogen-bond donors (Lipinski definition) is 0. The molecule has 0 unspecified atom stereocenters. The third kappa shape index (κ3) is 3.49.